The number of rotatable bonds is 7. The van der Waals surface area contributed by atoms with Gasteiger partial charge in [0.2, 0.25) is 0 Å². The van der Waals surface area contributed by atoms with Crippen molar-refractivity contribution < 1.29 is 4.79 Å². The van der Waals surface area contributed by atoms with E-state index in [-0.39, 0.29) is 18.5 Å². The molecule has 0 bridgehead atoms. The summed E-state index contributed by atoms with van der Waals surface area (Å²) in [5.74, 6) is -0.142. The predicted molar refractivity (Wildman–Crippen MR) is 117 cm³/mol. The summed E-state index contributed by atoms with van der Waals surface area (Å²) in [6.45, 7) is 2.40. The SMILES string of the molecule is CC(Cc1ccccc1)N(C)CC(=O)N/N=C/c1ccc(Cl)c2ccccc12. The van der Waals surface area contributed by atoms with E-state index in [9.17, 15) is 4.79 Å². The highest BCUT2D eigenvalue weighted by molar-refractivity contribution is 6.36. The van der Waals surface area contributed by atoms with Gasteiger partial charge in [0.25, 0.3) is 5.91 Å². The normalized spacial score (nSPS) is 12.6. The van der Waals surface area contributed by atoms with Crippen LogP contribution in [0.3, 0.4) is 0 Å². The lowest BCUT2D eigenvalue weighted by molar-refractivity contribution is -0.122. The summed E-state index contributed by atoms with van der Waals surface area (Å²) in [4.78, 5) is 14.3. The first-order chi connectivity index (χ1) is 13.5. The standard InChI is InChI=1S/C23H24ClN3O/c1-17(14-18-8-4-3-5-9-18)27(2)16-23(28)26-25-15-19-12-13-22(24)21-11-7-6-10-20(19)21/h3-13,15,17H,14,16H2,1-2H3,(H,26,28)/b25-15+. The number of fused-ring (bicyclic) bond motifs is 1. The van der Waals surface area contributed by atoms with Gasteiger partial charge in [0.15, 0.2) is 0 Å². The van der Waals surface area contributed by atoms with Gasteiger partial charge in [0.1, 0.15) is 0 Å². The Bertz CT molecular complexity index is 972. The van der Waals surface area contributed by atoms with E-state index in [1.54, 1.807) is 6.21 Å². The maximum atomic E-state index is 12.2. The summed E-state index contributed by atoms with van der Waals surface area (Å²) in [5, 5.41) is 6.79. The summed E-state index contributed by atoms with van der Waals surface area (Å²) >= 11 is 6.24. The monoisotopic (exact) mass is 393 g/mol. The van der Waals surface area contributed by atoms with Crippen molar-refractivity contribution in [3.05, 3.63) is 82.9 Å². The smallest absolute Gasteiger partial charge is 0.254 e. The summed E-state index contributed by atoms with van der Waals surface area (Å²) in [7, 11) is 1.95. The summed E-state index contributed by atoms with van der Waals surface area (Å²) in [6.07, 6.45) is 2.55. The zero-order chi connectivity index (χ0) is 19.9. The lowest BCUT2D eigenvalue weighted by atomic mass is 10.1. The minimum atomic E-state index is -0.142. The average Bonchev–Trinajstić information content (AvgIpc) is 2.70. The van der Waals surface area contributed by atoms with Gasteiger partial charge in [-0.15, -0.1) is 0 Å². The highest BCUT2D eigenvalue weighted by Crippen LogP contribution is 2.25. The Kier molecular flexibility index (Phi) is 6.80. The number of likely N-dealkylation sites (N-methyl/N-ethyl adjacent to an activating group) is 1. The Morgan fingerprint density at radius 3 is 2.50 bits per heavy atom. The average molecular weight is 394 g/mol. The van der Waals surface area contributed by atoms with Gasteiger partial charge in [-0.1, -0.05) is 72.3 Å². The first kappa shape index (κ1) is 20.1. The van der Waals surface area contributed by atoms with Crippen LogP contribution in [0.5, 0.6) is 0 Å². The van der Waals surface area contributed by atoms with Gasteiger partial charge >= 0.3 is 0 Å². The number of hydrogen-bond acceptors (Lipinski definition) is 3. The second-order valence-corrected chi connectivity index (χ2v) is 7.34. The van der Waals surface area contributed by atoms with Gasteiger partial charge in [-0.05, 0) is 37.4 Å². The first-order valence-electron chi connectivity index (χ1n) is 9.28. The molecule has 0 fully saturated rings. The van der Waals surface area contributed by atoms with E-state index >= 15 is 0 Å². The fraction of sp³-hybridized carbons (Fsp3) is 0.217. The third-order valence-electron chi connectivity index (χ3n) is 4.82. The molecule has 1 N–H and O–H groups in total. The van der Waals surface area contributed by atoms with E-state index in [1.165, 1.54) is 5.56 Å². The zero-order valence-electron chi connectivity index (χ0n) is 16.1. The molecule has 0 aliphatic carbocycles. The molecule has 4 nitrogen and oxygen atoms in total. The number of carbonyl (C=O) groups is 1. The van der Waals surface area contributed by atoms with E-state index in [2.05, 4.69) is 29.6 Å². The van der Waals surface area contributed by atoms with Crippen LogP contribution in [0.1, 0.15) is 18.1 Å². The maximum Gasteiger partial charge on any atom is 0.254 e. The van der Waals surface area contributed by atoms with Gasteiger partial charge in [-0.3, -0.25) is 9.69 Å². The number of halogens is 1. The molecule has 1 amide bonds. The predicted octanol–water partition coefficient (Wildman–Crippen LogP) is 4.51. The van der Waals surface area contributed by atoms with Crippen LogP contribution in [0.2, 0.25) is 5.02 Å². The summed E-state index contributed by atoms with van der Waals surface area (Å²) < 4.78 is 0. The second kappa shape index (κ2) is 9.49. The van der Waals surface area contributed by atoms with E-state index in [4.69, 9.17) is 11.6 Å². The zero-order valence-corrected chi connectivity index (χ0v) is 16.9. The van der Waals surface area contributed by atoms with Crippen molar-refractivity contribution in [3.63, 3.8) is 0 Å². The summed E-state index contributed by atoms with van der Waals surface area (Å²) in [5.41, 5.74) is 4.78. The number of hydrogen-bond donors (Lipinski definition) is 1. The van der Waals surface area contributed by atoms with Crippen LogP contribution in [0.4, 0.5) is 0 Å². The van der Waals surface area contributed by atoms with Gasteiger partial charge < -0.3 is 0 Å². The number of hydrazone groups is 1. The molecular weight excluding hydrogens is 370 g/mol. The fourth-order valence-corrected chi connectivity index (χ4v) is 3.33. The lowest BCUT2D eigenvalue weighted by Gasteiger charge is -2.23. The van der Waals surface area contributed by atoms with Crippen LogP contribution in [0, 0.1) is 0 Å². The van der Waals surface area contributed by atoms with Crippen molar-refractivity contribution in [2.75, 3.05) is 13.6 Å². The number of amides is 1. The molecule has 3 aromatic carbocycles. The van der Waals surface area contributed by atoms with Gasteiger partial charge in [-0.25, -0.2) is 5.43 Å². The topological polar surface area (TPSA) is 44.7 Å². The van der Waals surface area contributed by atoms with Crippen LogP contribution in [0.15, 0.2) is 71.8 Å². The first-order valence-corrected chi connectivity index (χ1v) is 9.65. The van der Waals surface area contributed by atoms with E-state index < -0.39 is 0 Å². The van der Waals surface area contributed by atoms with Crippen LogP contribution in [-0.2, 0) is 11.2 Å². The molecule has 0 aliphatic rings. The van der Waals surface area contributed by atoms with Crippen molar-refractivity contribution in [2.24, 2.45) is 5.10 Å². The highest BCUT2D eigenvalue weighted by Gasteiger charge is 2.13. The molecule has 1 unspecified atom stereocenters. The highest BCUT2D eigenvalue weighted by atomic mass is 35.5. The molecule has 1 atom stereocenters. The van der Waals surface area contributed by atoms with Crippen LogP contribution >= 0.6 is 11.6 Å². The fourth-order valence-electron chi connectivity index (χ4n) is 3.10. The minimum absolute atomic E-state index is 0.142. The van der Waals surface area contributed by atoms with Crippen molar-refractivity contribution in [2.45, 2.75) is 19.4 Å². The molecule has 0 aromatic heterocycles. The van der Waals surface area contributed by atoms with Gasteiger partial charge in [0.05, 0.1) is 12.8 Å². The molecule has 0 aliphatic heterocycles. The lowest BCUT2D eigenvalue weighted by Crippen LogP contribution is -2.39. The van der Waals surface area contributed by atoms with Crippen molar-refractivity contribution in [3.8, 4) is 0 Å². The van der Waals surface area contributed by atoms with E-state index in [1.807, 2.05) is 66.5 Å². The third kappa shape index (κ3) is 5.18. The van der Waals surface area contributed by atoms with Gasteiger partial charge in [0, 0.05) is 22.0 Å². The Morgan fingerprint density at radius 2 is 1.75 bits per heavy atom. The number of benzene rings is 3. The Balaban J connectivity index is 1.56. The quantitative estimate of drug-likeness (QED) is 0.474. The van der Waals surface area contributed by atoms with Crippen molar-refractivity contribution >= 4 is 34.5 Å². The molecule has 3 aromatic rings. The molecule has 0 saturated carbocycles. The molecule has 144 valence electrons. The Labute approximate surface area is 170 Å². The van der Waals surface area contributed by atoms with Crippen molar-refractivity contribution in [1.29, 1.82) is 0 Å². The van der Waals surface area contributed by atoms with Crippen LogP contribution in [-0.4, -0.2) is 36.7 Å². The molecule has 0 spiro atoms. The molecule has 0 radical (unpaired) electrons. The summed E-state index contributed by atoms with van der Waals surface area (Å²) in [6, 6.07) is 22.1. The number of nitrogens with one attached hydrogen (secondary N) is 1. The molecule has 0 heterocycles. The molecule has 5 heteroatoms. The largest absolute Gasteiger partial charge is 0.294 e. The maximum absolute atomic E-state index is 12.2. The Morgan fingerprint density at radius 1 is 1.07 bits per heavy atom. The van der Waals surface area contributed by atoms with Crippen molar-refractivity contribution in [1.82, 2.24) is 10.3 Å². The number of nitrogens with zero attached hydrogens (tertiary/aromatic N) is 2. The Hall–Kier alpha value is -2.69. The third-order valence-corrected chi connectivity index (χ3v) is 5.15. The minimum Gasteiger partial charge on any atom is -0.294 e. The van der Waals surface area contributed by atoms with Crippen LogP contribution < -0.4 is 5.43 Å². The molecule has 0 saturated heterocycles. The molecular formula is C23H24ClN3O. The second-order valence-electron chi connectivity index (χ2n) is 6.93. The van der Waals surface area contributed by atoms with Crippen LogP contribution in [0.25, 0.3) is 10.8 Å². The van der Waals surface area contributed by atoms with Gasteiger partial charge in [-0.2, -0.15) is 5.10 Å². The molecule has 28 heavy (non-hydrogen) atoms. The van der Waals surface area contributed by atoms with E-state index in [0.717, 1.165) is 22.8 Å². The van der Waals surface area contributed by atoms with E-state index in [0.29, 0.717) is 5.02 Å². The molecule has 3 rings (SSSR count). The number of carbonyl (C=O) groups excluding carboxylic acids is 1.